The molecule has 3 nitrogen and oxygen atoms in total. The second-order valence-corrected chi connectivity index (χ2v) is 3.30. The van der Waals surface area contributed by atoms with Crippen LogP contribution >= 0.6 is 0 Å². The first-order chi connectivity index (χ1) is 6.29. The molecule has 1 heterocycles. The molecule has 0 atom stereocenters. The van der Waals surface area contributed by atoms with Crippen molar-refractivity contribution in [2.24, 2.45) is 0 Å². The monoisotopic (exact) mass is 178 g/mol. The maximum Gasteiger partial charge on any atom is 0.0868 e. The number of para-hydroxylation sites is 1. The molecule has 70 valence electrons. The zero-order valence-corrected chi connectivity index (χ0v) is 7.79. The van der Waals surface area contributed by atoms with Gasteiger partial charge in [-0.25, -0.2) is 0 Å². The molecular formula is C10H14N2O. The van der Waals surface area contributed by atoms with Crippen molar-refractivity contribution in [3.8, 4) is 0 Å². The summed E-state index contributed by atoms with van der Waals surface area (Å²) in [6.07, 6.45) is 1.08. The van der Waals surface area contributed by atoms with E-state index in [1.807, 2.05) is 30.2 Å². The van der Waals surface area contributed by atoms with Gasteiger partial charge in [0.25, 0.3) is 0 Å². The molecule has 1 aromatic rings. The predicted octanol–water partition coefficient (Wildman–Crippen LogP) is 1.72. The van der Waals surface area contributed by atoms with Crippen molar-refractivity contribution >= 4 is 11.4 Å². The first-order valence-electron chi connectivity index (χ1n) is 4.54. The second-order valence-electron chi connectivity index (χ2n) is 3.30. The summed E-state index contributed by atoms with van der Waals surface area (Å²) in [6, 6.07) is 6.01. The molecule has 2 N–H and O–H groups in total. The van der Waals surface area contributed by atoms with Gasteiger partial charge in [0.2, 0.25) is 0 Å². The summed E-state index contributed by atoms with van der Waals surface area (Å²) < 4.78 is 0. The van der Waals surface area contributed by atoms with Crippen molar-refractivity contribution in [2.45, 2.75) is 13.3 Å². The molecule has 0 radical (unpaired) electrons. The largest absolute Gasteiger partial charge is 0.397 e. The van der Waals surface area contributed by atoms with Crippen LogP contribution < -0.4 is 10.8 Å². The second kappa shape index (κ2) is 3.26. The molecule has 13 heavy (non-hydrogen) atoms. The summed E-state index contributed by atoms with van der Waals surface area (Å²) in [5.74, 6) is 0. The summed E-state index contributed by atoms with van der Waals surface area (Å²) in [5.41, 5.74) is 8.87. The van der Waals surface area contributed by atoms with Gasteiger partial charge in [-0.1, -0.05) is 12.1 Å². The van der Waals surface area contributed by atoms with Crippen LogP contribution in [-0.2, 0) is 4.84 Å². The number of hydrogen-bond acceptors (Lipinski definition) is 3. The minimum Gasteiger partial charge on any atom is -0.397 e. The van der Waals surface area contributed by atoms with Gasteiger partial charge in [0, 0.05) is 6.54 Å². The van der Waals surface area contributed by atoms with Gasteiger partial charge in [0.05, 0.1) is 18.0 Å². The van der Waals surface area contributed by atoms with Crippen LogP contribution in [0.4, 0.5) is 11.4 Å². The van der Waals surface area contributed by atoms with Gasteiger partial charge >= 0.3 is 0 Å². The average molecular weight is 178 g/mol. The molecule has 0 aliphatic carbocycles. The van der Waals surface area contributed by atoms with Gasteiger partial charge in [-0.05, 0) is 25.0 Å². The Bertz CT molecular complexity index is 306. The number of hydroxylamine groups is 1. The third-order valence-electron chi connectivity index (χ3n) is 2.32. The number of rotatable bonds is 1. The molecule has 0 saturated carbocycles. The van der Waals surface area contributed by atoms with E-state index in [9.17, 15) is 0 Å². The van der Waals surface area contributed by atoms with E-state index >= 15 is 0 Å². The minimum atomic E-state index is 0.799. The molecule has 0 spiro atoms. The van der Waals surface area contributed by atoms with Crippen molar-refractivity contribution in [3.63, 3.8) is 0 Å². The van der Waals surface area contributed by atoms with Gasteiger partial charge in [-0.2, -0.15) is 0 Å². The fraction of sp³-hybridized carbons (Fsp3) is 0.400. The molecule has 2 rings (SSSR count). The molecule has 0 aromatic heterocycles. The van der Waals surface area contributed by atoms with E-state index in [1.165, 1.54) is 0 Å². The summed E-state index contributed by atoms with van der Waals surface area (Å²) in [7, 11) is 0. The lowest BCUT2D eigenvalue weighted by Crippen LogP contribution is -2.17. The van der Waals surface area contributed by atoms with Crippen LogP contribution in [0.3, 0.4) is 0 Å². The SMILES string of the molecule is Cc1cccc(N2CCCO2)c1N. The van der Waals surface area contributed by atoms with E-state index in [1.54, 1.807) is 0 Å². The molecule has 1 aromatic carbocycles. The van der Waals surface area contributed by atoms with Crippen molar-refractivity contribution in [1.29, 1.82) is 0 Å². The number of nitrogen functional groups attached to an aromatic ring is 1. The topological polar surface area (TPSA) is 38.5 Å². The number of anilines is 2. The van der Waals surface area contributed by atoms with E-state index in [-0.39, 0.29) is 0 Å². The fourth-order valence-corrected chi connectivity index (χ4v) is 1.52. The highest BCUT2D eigenvalue weighted by Crippen LogP contribution is 2.28. The summed E-state index contributed by atoms with van der Waals surface area (Å²) in [4.78, 5) is 5.43. The molecule has 1 aliphatic rings. The van der Waals surface area contributed by atoms with E-state index in [2.05, 4.69) is 0 Å². The first-order valence-corrected chi connectivity index (χ1v) is 4.54. The minimum absolute atomic E-state index is 0.799. The van der Waals surface area contributed by atoms with Crippen LogP contribution in [-0.4, -0.2) is 13.2 Å². The average Bonchev–Trinajstić information content (AvgIpc) is 2.62. The number of aryl methyl sites for hydroxylation is 1. The van der Waals surface area contributed by atoms with Gasteiger partial charge < -0.3 is 5.73 Å². The smallest absolute Gasteiger partial charge is 0.0868 e. The van der Waals surface area contributed by atoms with E-state index < -0.39 is 0 Å². The Labute approximate surface area is 78.1 Å². The number of nitrogens with zero attached hydrogens (tertiary/aromatic N) is 1. The van der Waals surface area contributed by atoms with Gasteiger partial charge in [0.1, 0.15) is 0 Å². The van der Waals surface area contributed by atoms with E-state index in [4.69, 9.17) is 10.6 Å². The Morgan fingerprint density at radius 3 is 3.00 bits per heavy atom. The Balaban J connectivity index is 2.33. The van der Waals surface area contributed by atoms with Crippen LogP contribution in [0.25, 0.3) is 0 Å². The molecule has 0 unspecified atom stereocenters. The molecule has 1 aliphatic heterocycles. The van der Waals surface area contributed by atoms with Crippen molar-refractivity contribution in [3.05, 3.63) is 23.8 Å². The van der Waals surface area contributed by atoms with Crippen LogP contribution in [0, 0.1) is 6.92 Å². The Hall–Kier alpha value is -1.22. The van der Waals surface area contributed by atoms with Crippen molar-refractivity contribution in [1.82, 2.24) is 0 Å². The quantitative estimate of drug-likeness (QED) is 0.665. The number of hydrogen-bond donors (Lipinski definition) is 1. The van der Waals surface area contributed by atoms with E-state index in [0.717, 1.165) is 36.5 Å². The van der Waals surface area contributed by atoms with Crippen molar-refractivity contribution in [2.75, 3.05) is 23.9 Å². The van der Waals surface area contributed by atoms with Crippen LogP contribution in [0.15, 0.2) is 18.2 Å². The molecular weight excluding hydrogens is 164 g/mol. The Kier molecular flexibility index (Phi) is 2.10. The zero-order valence-electron chi connectivity index (χ0n) is 7.79. The maximum absolute atomic E-state index is 5.94. The van der Waals surface area contributed by atoms with Gasteiger partial charge in [-0.3, -0.25) is 9.90 Å². The molecule has 1 saturated heterocycles. The fourth-order valence-electron chi connectivity index (χ4n) is 1.52. The first kappa shape index (κ1) is 8.38. The third-order valence-corrected chi connectivity index (χ3v) is 2.32. The van der Waals surface area contributed by atoms with E-state index in [0.29, 0.717) is 0 Å². The lowest BCUT2D eigenvalue weighted by molar-refractivity contribution is 0.168. The molecule has 0 amide bonds. The molecule has 1 fully saturated rings. The lowest BCUT2D eigenvalue weighted by Gasteiger charge is -2.18. The van der Waals surface area contributed by atoms with Gasteiger partial charge in [-0.15, -0.1) is 0 Å². The van der Waals surface area contributed by atoms with Crippen molar-refractivity contribution < 1.29 is 4.84 Å². The zero-order chi connectivity index (χ0) is 9.26. The maximum atomic E-state index is 5.94. The van der Waals surface area contributed by atoms with Crippen LogP contribution in [0.5, 0.6) is 0 Å². The van der Waals surface area contributed by atoms with Crippen LogP contribution in [0.1, 0.15) is 12.0 Å². The normalized spacial score (nSPS) is 16.5. The Morgan fingerprint density at radius 1 is 1.46 bits per heavy atom. The number of benzene rings is 1. The molecule has 0 bridgehead atoms. The van der Waals surface area contributed by atoms with Crippen LogP contribution in [0.2, 0.25) is 0 Å². The summed E-state index contributed by atoms with van der Waals surface area (Å²) in [6.45, 7) is 3.75. The number of nitrogens with two attached hydrogens (primary N) is 1. The molecule has 3 heteroatoms. The lowest BCUT2D eigenvalue weighted by atomic mass is 10.1. The highest BCUT2D eigenvalue weighted by molar-refractivity contribution is 5.69. The summed E-state index contributed by atoms with van der Waals surface area (Å²) in [5, 5.41) is 1.88. The third kappa shape index (κ3) is 1.47. The highest BCUT2D eigenvalue weighted by Gasteiger charge is 2.15. The summed E-state index contributed by atoms with van der Waals surface area (Å²) >= 11 is 0. The standard InChI is InChI=1S/C10H14N2O/c1-8-4-2-5-9(10(8)11)12-6-3-7-13-12/h2,4-5H,3,6-7,11H2,1H3. The highest BCUT2D eigenvalue weighted by atomic mass is 16.7. The predicted molar refractivity (Wildman–Crippen MR) is 53.5 cm³/mol. The Morgan fingerprint density at radius 2 is 2.31 bits per heavy atom. The van der Waals surface area contributed by atoms with Gasteiger partial charge in [0.15, 0.2) is 0 Å².